The van der Waals surface area contributed by atoms with Crippen LogP contribution in [0.4, 0.5) is 0 Å². The number of rotatable bonds is 6. The molecule has 1 aliphatic carbocycles. The molecule has 0 atom stereocenters. The van der Waals surface area contributed by atoms with Gasteiger partial charge in [-0.2, -0.15) is 0 Å². The van der Waals surface area contributed by atoms with Crippen LogP contribution in [0.2, 0.25) is 0 Å². The molecule has 0 bridgehead atoms. The van der Waals surface area contributed by atoms with Crippen LogP contribution in [0.3, 0.4) is 0 Å². The minimum atomic E-state index is 0.144. The molecular formula is C21H29N3OS. The van der Waals surface area contributed by atoms with Crippen LogP contribution in [0.25, 0.3) is 11.4 Å². The zero-order valence-corrected chi connectivity index (χ0v) is 17.1. The van der Waals surface area contributed by atoms with Gasteiger partial charge in [-0.25, -0.2) is 0 Å². The third-order valence-electron chi connectivity index (χ3n) is 5.05. The van der Waals surface area contributed by atoms with E-state index in [0.717, 1.165) is 22.3 Å². The predicted octanol–water partition coefficient (Wildman–Crippen LogP) is 5.43. The quantitative estimate of drug-likeness (QED) is 0.635. The second-order valence-electron chi connectivity index (χ2n) is 8.24. The Labute approximate surface area is 160 Å². The molecule has 0 unspecified atom stereocenters. The highest BCUT2D eigenvalue weighted by Gasteiger charge is 2.25. The number of aromatic nitrogens is 3. The highest BCUT2D eigenvalue weighted by Crippen LogP contribution is 2.37. The number of nitrogens with zero attached hydrogens (tertiary/aromatic N) is 3. The molecule has 26 heavy (non-hydrogen) atoms. The summed E-state index contributed by atoms with van der Waals surface area (Å²) in [6.45, 7) is 8.33. The van der Waals surface area contributed by atoms with Crippen molar-refractivity contribution < 1.29 is 4.79 Å². The Bertz CT molecular complexity index is 753. The van der Waals surface area contributed by atoms with Gasteiger partial charge < -0.3 is 0 Å². The van der Waals surface area contributed by atoms with Crippen molar-refractivity contribution in [3.05, 3.63) is 29.8 Å². The predicted molar refractivity (Wildman–Crippen MR) is 108 cm³/mol. The number of hydrogen-bond donors (Lipinski definition) is 0. The third kappa shape index (κ3) is 4.37. The zero-order valence-electron chi connectivity index (χ0n) is 16.3. The fourth-order valence-corrected chi connectivity index (χ4v) is 4.51. The van der Waals surface area contributed by atoms with Crippen LogP contribution in [0.5, 0.6) is 0 Å². The van der Waals surface area contributed by atoms with Crippen molar-refractivity contribution >= 4 is 17.5 Å². The van der Waals surface area contributed by atoms with E-state index in [2.05, 4.69) is 59.8 Å². The van der Waals surface area contributed by atoms with E-state index in [4.69, 9.17) is 0 Å². The lowest BCUT2D eigenvalue weighted by atomic mass is 9.86. The highest BCUT2D eigenvalue weighted by molar-refractivity contribution is 7.99. The average molecular weight is 372 g/mol. The second-order valence-corrected chi connectivity index (χ2v) is 9.30. The van der Waals surface area contributed by atoms with E-state index in [0.29, 0.717) is 12.5 Å². The van der Waals surface area contributed by atoms with Crippen LogP contribution >= 0.6 is 11.8 Å². The molecule has 1 aliphatic rings. The average Bonchev–Trinajstić information content (AvgIpc) is 3.22. The van der Waals surface area contributed by atoms with Crippen molar-refractivity contribution in [2.45, 2.75) is 76.4 Å². The van der Waals surface area contributed by atoms with Crippen molar-refractivity contribution in [1.82, 2.24) is 14.8 Å². The molecule has 0 spiro atoms. The molecule has 2 aromatic rings. The first-order valence-electron chi connectivity index (χ1n) is 9.54. The van der Waals surface area contributed by atoms with Gasteiger partial charge in [0.05, 0.1) is 0 Å². The monoisotopic (exact) mass is 371 g/mol. The Balaban J connectivity index is 1.90. The Morgan fingerprint density at radius 2 is 1.81 bits per heavy atom. The summed E-state index contributed by atoms with van der Waals surface area (Å²) in [5.74, 6) is 1.95. The maximum absolute atomic E-state index is 11.3. The lowest BCUT2D eigenvalue weighted by molar-refractivity contribution is -0.116. The van der Waals surface area contributed by atoms with Gasteiger partial charge >= 0.3 is 0 Å². The van der Waals surface area contributed by atoms with Gasteiger partial charge in [0.1, 0.15) is 5.78 Å². The standard InChI is InChI=1S/C21H29N3OS/c1-15(25)13-14-26-20-23-22-19(24(20)18-7-5-6-8-18)16-9-11-17(12-10-16)21(2,3)4/h9-12,18H,5-8,13-14H2,1-4H3. The van der Waals surface area contributed by atoms with E-state index < -0.39 is 0 Å². The molecule has 1 fully saturated rings. The summed E-state index contributed by atoms with van der Waals surface area (Å²) in [6.07, 6.45) is 5.49. The van der Waals surface area contributed by atoms with Gasteiger partial charge in [0, 0.05) is 23.8 Å². The van der Waals surface area contributed by atoms with Crippen LogP contribution in [0.1, 0.15) is 71.4 Å². The molecule has 1 aromatic carbocycles. The van der Waals surface area contributed by atoms with E-state index in [1.807, 2.05) is 0 Å². The van der Waals surface area contributed by atoms with Crippen LogP contribution in [0.15, 0.2) is 29.4 Å². The molecular weight excluding hydrogens is 342 g/mol. The summed E-state index contributed by atoms with van der Waals surface area (Å²) in [6, 6.07) is 9.21. The Morgan fingerprint density at radius 1 is 1.15 bits per heavy atom. The lowest BCUT2D eigenvalue weighted by Gasteiger charge is -2.20. The van der Waals surface area contributed by atoms with Crippen LogP contribution in [-0.4, -0.2) is 26.3 Å². The van der Waals surface area contributed by atoms with E-state index in [1.165, 1.54) is 31.2 Å². The number of carbonyl (C=O) groups is 1. The van der Waals surface area contributed by atoms with Gasteiger partial charge in [-0.1, -0.05) is 69.6 Å². The van der Waals surface area contributed by atoms with Gasteiger partial charge in [-0.15, -0.1) is 10.2 Å². The normalized spacial score (nSPS) is 15.5. The number of hydrogen-bond acceptors (Lipinski definition) is 4. The molecule has 1 saturated carbocycles. The number of Topliss-reactive ketones (excluding diaryl/α,β-unsaturated/α-hetero) is 1. The number of carbonyl (C=O) groups excluding carboxylic acids is 1. The van der Waals surface area contributed by atoms with Gasteiger partial charge in [-0.05, 0) is 30.7 Å². The summed E-state index contributed by atoms with van der Waals surface area (Å²) in [7, 11) is 0. The topological polar surface area (TPSA) is 47.8 Å². The Hall–Kier alpha value is -1.62. The van der Waals surface area contributed by atoms with Crippen molar-refractivity contribution in [2.75, 3.05) is 5.75 Å². The van der Waals surface area contributed by atoms with Gasteiger partial charge in [0.2, 0.25) is 0 Å². The second kappa shape index (κ2) is 7.95. The fraction of sp³-hybridized carbons (Fsp3) is 0.571. The molecule has 0 saturated heterocycles. The first kappa shape index (κ1) is 19.2. The first-order chi connectivity index (χ1) is 12.4. The van der Waals surface area contributed by atoms with Crippen LogP contribution in [0, 0.1) is 0 Å². The van der Waals surface area contributed by atoms with Crippen molar-refractivity contribution in [2.24, 2.45) is 0 Å². The molecule has 0 N–H and O–H groups in total. The van der Waals surface area contributed by atoms with Gasteiger partial charge in [0.15, 0.2) is 11.0 Å². The number of ketones is 1. The van der Waals surface area contributed by atoms with E-state index in [-0.39, 0.29) is 11.2 Å². The summed E-state index contributed by atoms with van der Waals surface area (Å²) >= 11 is 1.65. The molecule has 140 valence electrons. The van der Waals surface area contributed by atoms with E-state index in [9.17, 15) is 4.79 Å². The first-order valence-corrected chi connectivity index (χ1v) is 10.5. The molecule has 4 nitrogen and oxygen atoms in total. The summed E-state index contributed by atoms with van der Waals surface area (Å²) < 4.78 is 2.32. The van der Waals surface area contributed by atoms with Crippen LogP contribution in [-0.2, 0) is 10.2 Å². The van der Waals surface area contributed by atoms with E-state index in [1.54, 1.807) is 18.7 Å². The molecule has 3 rings (SSSR count). The molecule has 0 radical (unpaired) electrons. The van der Waals surface area contributed by atoms with E-state index >= 15 is 0 Å². The summed E-state index contributed by atoms with van der Waals surface area (Å²) in [5, 5.41) is 9.95. The Kier molecular flexibility index (Phi) is 5.86. The maximum Gasteiger partial charge on any atom is 0.191 e. The van der Waals surface area contributed by atoms with Crippen molar-refractivity contribution in [3.8, 4) is 11.4 Å². The number of benzene rings is 1. The molecule has 1 aromatic heterocycles. The largest absolute Gasteiger partial charge is 0.300 e. The smallest absolute Gasteiger partial charge is 0.191 e. The summed E-state index contributed by atoms with van der Waals surface area (Å²) in [4.78, 5) is 11.3. The minimum Gasteiger partial charge on any atom is -0.300 e. The number of thioether (sulfide) groups is 1. The summed E-state index contributed by atoms with van der Waals surface area (Å²) in [5.41, 5.74) is 2.59. The van der Waals surface area contributed by atoms with Crippen LogP contribution < -0.4 is 0 Å². The highest BCUT2D eigenvalue weighted by atomic mass is 32.2. The molecule has 1 heterocycles. The van der Waals surface area contributed by atoms with Crippen molar-refractivity contribution in [1.29, 1.82) is 0 Å². The maximum atomic E-state index is 11.3. The fourth-order valence-electron chi connectivity index (χ4n) is 3.47. The molecule has 0 amide bonds. The molecule has 0 aliphatic heterocycles. The molecule has 5 heteroatoms. The van der Waals surface area contributed by atoms with Gasteiger partial charge in [0.25, 0.3) is 0 Å². The third-order valence-corrected chi connectivity index (χ3v) is 5.99. The Morgan fingerprint density at radius 3 is 2.38 bits per heavy atom. The van der Waals surface area contributed by atoms with Crippen molar-refractivity contribution in [3.63, 3.8) is 0 Å². The minimum absolute atomic E-state index is 0.144. The van der Waals surface area contributed by atoms with Gasteiger partial charge in [-0.3, -0.25) is 9.36 Å². The lowest BCUT2D eigenvalue weighted by Crippen LogP contribution is -2.11. The SMILES string of the molecule is CC(=O)CCSc1nnc(-c2ccc(C(C)(C)C)cc2)n1C1CCCC1. The zero-order chi connectivity index (χ0) is 18.7.